The van der Waals surface area contributed by atoms with Crippen LogP contribution in [-0.2, 0) is 0 Å². The molecule has 0 aliphatic carbocycles. The molecule has 0 bridgehead atoms. The molecule has 3 aromatic carbocycles. The van der Waals surface area contributed by atoms with Crippen molar-refractivity contribution in [2.24, 2.45) is 0 Å². The number of hydrogen-bond acceptors (Lipinski definition) is 2. The fourth-order valence-corrected chi connectivity index (χ4v) is 3.17. The largest absolute Gasteiger partial charge is 0.494 e. The molecule has 3 rings (SSSR count). The van der Waals surface area contributed by atoms with E-state index in [0.717, 1.165) is 11.4 Å². The molecule has 3 nitrogen and oxygen atoms in total. The molecule has 0 aliphatic heterocycles. The fraction of sp³-hybridized carbons (Fsp3) is 0.190. The van der Waals surface area contributed by atoms with Crippen LogP contribution in [0.15, 0.2) is 66.7 Å². The first kappa shape index (κ1) is 17.2. The SMILES string of the molecule is CCOc1ccc(NC(=S)N[C@H](C)c2cccc3ccccc23)cc1. The Hall–Kier alpha value is -2.59. The minimum absolute atomic E-state index is 0.105. The summed E-state index contributed by atoms with van der Waals surface area (Å²) in [4.78, 5) is 0. The summed E-state index contributed by atoms with van der Waals surface area (Å²) in [6, 6.07) is 22.6. The Balaban J connectivity index is 1.67. The molecule has 0 spiro atoms. The van der Waals surface area contributed by atoms with Crippen molar-refractivity contribution in [3.63, 3.8) is 0 Å². The smallest absolute Gasteiger partial charge is 0.171 e. The van der Waals surface area contributed by atoms with Crippen LogP contribution in [0.1, 0.15) is 25.5 Å². The van der Waals surface area contributed by atoms with Crippen molar-refractivity contribution in [1.29, 1.82) is 0 Å². The highest BCUT2D eigenvalue weighted by molar-refractivity contribution is 7.80. The van der Waals surface area contributed by atoms with Crippen molar-refractivity contribution >= 4 is 33.8 Å². The first-order valence-electron chi connectivity index (χ1n) is 8.45. The molecule has 0 unspecified atom stereocenters. The maximum absolute atomic E-state index is 5.47. The van der Waals surface area contributed by atoms with E-state index in [1.165, 1.54) is 16.3 Å². The van der Waals surface area contributed by atoms with E-state index in [4.69, 9.17) is 17.0 Å². The molecule has 2 N–H and O–H groups in total. The van der Waals surface area contributed by atoms with Gasteiger partial charge >= 0.3 is 0 Å². The maximum Gasteiger partial charge on any atom is 0.171 e. The van der Waals surface area contributed by atoms with Gasteiger partial charge in [-0.2, -0.15) is 0 Å². The van der Waals surface area contributed by atoms with Gasteiger partial charge in [-0.05, 0) is 66.7 Å². The van der Waals surface area contributed by atoms with Gasteiger partial charge in [0.2, 0.25) is 0 Å². The number of rotatable bonds is 5. The highest BCUT2D eigenvalue weighted by Gasteiger charge is 2.10. The second-order valence-corrected chi connectivity index (χ2v) is 6.25. The summed E-state index contributed by atoms with van der Waals surface area (Å²) >= 11 is 5.47. The van der Waals surface area contributed by atoms with E-state index in [-0.39, 0.29) is 6.04 Å². The predicted molar refractivity (Wildman–Crippen MR) is 109 cm³/mol. The summed E-state index contributed by atoms with van der Waals surface area (Å²) in [5.41, 5.74) is 2.17. The van der Waals surface area contributed by atoms with E-state index in [2.05, 4.69) is 60.0 Å². The molecule has 128 valence electrons. The quantitative estimate of drug-likeness (QED) is 0.613. The Bertz CT molecular complexity index is 856. The fourth-order valence-electron chi connectivity index (χ4n) is 2.87. The first-order chi connectivity index (χ1) is 12.2. The van der Waals surface area contributed by atoms with Gasteiger partial charge < -0.3 is 15.4 Å². The molecule has 0 aliphatic rings. The van der Waals surface area contributed by atoms with Crippen molar-refractivity contribution in [2.75, 3.05) is 11.9 Å². The van der Waals surface area contributed by atoms with E-state index < -0.39 is 0 Å². The van der Waals surface area contributed by atoms with Crippen LogP contribution in [0.4, 0.5) is 5.69 Å². The van der Waals surface area contributed by atoms with Crippen LogP contribution in [-0.4, -0.2) is 11.7 Å². The Morgan fingerprint density at radius 1 is 1.00 bits per heavy atom. The van der Waals surface area contributed by atoms with Gasteiger partial charge in [0.1, 0.15) is 5.75 Å². The maximum atomic E-state index is 5.47. The van der Waals surface area contributed by atoms with Gasteiger partial charge in [0.15, 0.2) is 5.11 Å². The summed E-state index contributed by atoms with van der Waals surface area (Å²) in [7, 11) is 0. The lowest BCUT2D eigenvalue weighted by molar-refractivity contribution is 0.340. The van der Waals surface area contributed by atoms with Crippen LogP contribution in [0.3, 0.4) is 0 Å². The van der Waals surface area contributed by atoms with Crippen LogP contribution in [0.25, 0.3) is 10.8 Å². The summed E-state index contributed by atoms with van der Waals surface area (Å²) < 4.78 is 5.45. The monoisotopic (exact) mass is 350 g/mol. The minimum atomic E-state index is 0.105. The van der Waals surface area contributed by atoms with Crippen LogP contribution in [0, 0.1) is 0 Å². The Morgan fingerprint density at radius 3 is 2.48 bits per heavy atom. The molecule has 0 heterocycles. The van der Waals surface area contributed by atoms with E-state index in [1.54, 1.807) is 0 Å². The summed E-state index contributed by atoms with van der Waals surface area (Å²) in [6.07, 6.45) is 0. The summed E-state index contributed by atoms with van der Waals surface area (Å²) in [6.45, 7) is 4.75. The van der Waals surface area contributed by atoms with Gasteiger partial charge in [0.25, 0.3) is 0 Å². The van der Waals surface area contributed by atoms with E-state index in [0.29, 0.717) is 11.7 Å². The number of benzene rings is 3. The summed E-state index contributed by atoms with van der Waals surface area (Å²) in [5, 5.41) is 9.67. The molecule has 0 aromatic heterocycles. The molecular weight excluding hydrogens is 328 g/mol. The van der Waals surface area contributed by atoms with Crippen molar-refractivity contribution in [3.05, 3.63) is 72.3 Å². The molecule has 0 saturated heterocycles. The molecule has 3 aromatic rings. The highest BCUT2D eigenvalue weighted by Crippen LogP contribution is 2.24. The molecular formula is C21H22N2OS. The van der Waals surface area contributed by atoms with Crippen LogP contribution >= 0.6 is 12.2 Å². The van der Waals surface area contributed by atoms with Crippen molar-refractivity contribution in [3.8, 4) is 5.75 Å². The topological polar surface area (TPSA) is 33.3 Å². The van der Waals surface area contributed by atoms with E-state index >= 15 is 0 Å². The second kappa shape index (κ2) is 7.99. The number of anilines is 1. The number of nitrogens with one attached hydrogen (secondary N) is 2. The predicted octanol–water partition coefficient (Wildman–Crippen LogP) is 5.29. The lowest BCUT2D eigenvalue weighted by Crippen LogP contribution is -2.30. The zero-order valence-electron chi connectivity index (χ0n) is 14.5. The molecule has 0 radical (unpaired) electrons. The van der Waals surface area contributed by atoms with Crippen molar-refractivity contribution < 1.29 is 4.74 Å². The lowest BCUT2D eigenvalue weighted by Gasteiger charge is -2.19. The third-order valence-electron chi connectivity index (χ3n) is 4.06. The first-order valence-corrected chi connectivity index (χ1v) is 8.86. The average Bonchev–Trinajstić information content (AvgIpc) is 2.63. The molecule has 1 atom stereocenters. The third kappa shape index (κ3) is 4.28. The lowest BCUT2D eigenvalue weighted by atomic mass is 10.00. The summed E-state index contributed by atoms with van der Waals surface area (Å²) in [5.74, 6) is 0.857. The van der Waals surface area contributed by atoms with Crippen molar-refractivity contribution in [2.45, 2.75) is 19.9 Å². The third-order valence-corrected chi connectivity index (χ3v) is 4.28. The Morgan fingerprint density at radius 2 is 1.72 bits per heavy atom. The van der Waals surface area contributed by atoms with Gasteiger partial charge in [-0.15, -0.1) is 0 Å². The zero-order chi connectivity index (χ0) is 17.6. The Kier molecular flexibility index (Phi) is 5.51. The van der Waals surface area contributed by atoms with Crippen molar-refractivity contribution in [1.82, 2.24) is 5.32 Å². The van der Waals surface area contributed by atoms with Gasteiger partial charge in [-0.1, -0.05) is 42.5 Å². The normalized spacial score (nSPS) is 11.8. The standard InChI is InChI=1S/C21H22N2OS/c1-3-24-18-13-11-17(12-14-18)23-21(25)22-15(2)19-10-6-8-16-7-4-5-9-20(16)19/h4-15H,3H2,1-2H3,(H2,22,23,25)/t15-/m1/s1. The van der Waals surface area contributed by atoms with Crippen LogP contribution in [0.5, 0.6) is 5.75 Å². The van der Waals surface area contributed by atoms with Crippen LogP contribution < -0.4 is 15.4 Å². The van der Waals surface area contributed by atoms with Gasteiger partial charge in [-0.3, -0.25) is 0 Å². The average molecular weight is 350 g/mol. The number of ether oxygens (including phenoxy) is 1. The molecule has 0 fully saturated rings. The molecule has 0 saturated carbocycles. The number of hydrogen-bond donors (Lipinski definition) is 2. The highest BCUT2D eigenvalue weighted by atomic mass is 32.1. The van der Waals surface area contributed by atoms with E-state index in [9.17, 15) is 0 Å². The minimum Gasteiger partial charge on any atom is -0.494 e. The second-order valence-electron chi connectivity index (χ2n) is 5.85. The van der Waals surface area contributed by atoms with Gasteiger partial charge in [0.05, 0.1) is 12.6 Å². The molecule has 4 heteroatoms. The number of thiocarbonyl (C=S) groups is 1. The van der Waals surface area contributed by atoms with Gasteiger partial charge in [-0.25, -0.2) is 0 Å². The zero-order valence-corrected chi connectivity index (χ0v) is 15.3. The van der Waals surface area contributed by atoms with Crippen LogP contribution in [0.2, 0.25) is 0 Å². The molecule has 25 heavy (non-hydrogen) atoms. The molecule has 0 amide bonds. The van der Waals surface area contributed by atoms with E-state index in [1.807, 2.05) is 31.2 Å². The van der Waals surface area contributed by atoms with Gasteiger partial charge in [0, 0.05) is 5.69 Å². The Labute approximate surface area is 154 Å². The number of fused-ring (bicyclic) bond motifs is 1.